The van der Waals surface area contributed by atoms with E-state index in [0.29, 0.717) is 22.4 Å². The summed E-state index contributed by atoms with van der Waals surface area (Å²) in [7, 11) is 0. The number of anilines is 1. The number of hydrogen-bond donors (Lipinski definition) is 1. The monoisotopic (exact) mass is 470 g/mol. The number of benzene rings is 3. The van der Waals surface area contributed by atoms with Crippen LogP contribution in [0.2, 0.25) is 0 Å². The largest absolute Gasteiger partial charge is 0.351 e. The van der Waals surface area contributed by atoms with Crippen LogP contribution in [0.1, 0.15) is 36.9 Å². The quantitative estimate of drug-likeness (QED) is 0.345. The third-order valence-electron chi connectivity index (χ3n) is 5.95. The van der Waals surface area contributed by atoms with Gasteiger partial charge in [-0.25, -0.2) is 4.39 Å². The van der Waals surface area contributed by atoms with Crippen molar-refractivity contribution >= 4 is 28.6 Å². The zero-order valence-corrected chi connectivity index (χ0v) is 19.6. The molecule has 0 radical (unpaired) electrons. The standard InChI is InChI=1S/C27H23FN4OS/c1-3-18-8-7-11-22(16-18)32-17(2)23(24(29-27(32)34)19-9-5-4-6-10-19)26-30-25(31-33-26)20-12-14-21(28)15-13-20/h4-16,24H,3H2,1-2H3,(H,29,34). The molecular weight excluding hydrogens is 447 g/mol. The fourth-order valence-electron chi connectivity index (χ4n) is 4.19. The number of nitrogens with one attached hydrogen (secondary N) is 1. The van der Waals surface area contributed by atoms with Gasteiger partial charge >= 0.3 is 0 Å². The average Bonchev–Trinajstić information content (AvgIpc) is 3.34. The molecule has 5 nitrogen and oxygen atoms in total. The summed E-state index contributed by atoms with van der Waals surface area (Å²) in [6.07, 6.45) is 0.925. The van der Waals surface area contributed by atoms with Crippen LogP contribution in [0.15, 0.2) is 89.1 Å². The molecule has 170 valence electrons. The van der Waals surface area contributed by atoms with Gasteiger partial charge in [0, 0.05) is 16.9 Å². The maximum Gasteiger partial charge on any atom is 0.258 e. The Morgan fingerprint density at radius 2 is 1.79 bits per heavy atom. The second kappa shape index (κ2) is 9.19. The van der Waals surface area contributed by atoms with Gasteiger partial charge in [-0.15, -0.1) is 0 Å². The SMILES string of the molecule is CCc1cccc(N2C(=S)NC(c3ccccc3)C(c3nc(-c4ccc(F)cc4)no3)=C2C)c1. The normalized spacial score (nSPS) is 16.0. The fraction of sp³-hybridized carbons (Fsp3) is 0.148. The molecule has 4 aromatic rings. The van der Waals surface area contributed by atoms with Crippen molar-refractivity contribution in [2.75, 3.05) is 4.90 Å². The van der Waals surface area contributed by atoms with E-state index < -0.39 is 0 Å². The Kier molecular flexibility index (Phi) is 5.94. The van der Waals surface area contributed by atoms with E-state index in [1.165, 1.54) is 17.7 Å². The van der Waals surface area contributed by atoms with Gasteiger partial charge in [-0.3, -0.25) is 4.90 Å². The molecule has 0 bridgehead atoms. The second-order valence-electron chi connectivity index (χ2n) is 8.08. The van der Waals surface area contributed by atoms with Crippen molar-refractivity contribution in [1.29, 1.82) is 0 Å². The first-order chi connectivity index (χ1) is 16.5. The van der Waals surface area contributed by atoms with Gasteiger partial charge in [0.25, 0.3) is 5.89 Å². The molecule has 2 heterocycles. The minimum atomic E-state index is -0.315. The van der Waals surface area contributed by atoms with Crippen LogP contribution in [0.25, 0.3) is 17.0 Å². The number of rotatable bonds is 5. The summed E-state index contributed by atoms with van der Waals surface area (Å²) in [5.74, 6) is 0.470. The predicted molar refractivity (Wildman–Crippen MR) is 136 cm³/mol. The second-order valence-corrected chi connectivity index (χ2v) is 8.47. The highest BCUT2D eigenvalue weighted by Crippen LogP contribution is 2.39. The average molecular weight is 471 g/mol. The first kappa shape index (κ1) is 22.0. The number of halogens is 1. The van der Waals surface area contributed by atoms with Gasteiger partial charge in [0.05, 0.1) is 11.6 Å². The Hall–Kier alpha value is -3.84. The number of aromatic nitrogens is 2. The molecule has 0 aliphatic carbocycles. The van der Waals surface area contributed by atoms with Crippen molar-refractivity contribution < 1.29 is 8.91 Å². The van der Waals surface area contributed by atoms with Crippen LogP contribution in [-0.2, 0) is 6.42 Å². The molecule has 0 saturated carbocycles. The van der Waals surface area contributed by atoms with Gasteiger partial charge in [0.15, 0.2) is 5.11 Å². The van der Waals surface area contributed by atoms with Crippen molar-refractivity contribution in [3.8, 4) is 11.4 Å². The first-order valence-electron chi connectivity index (χ1n) is 11.1. The molecule has 1 N–H and O–H groups in total. The van der Waals surface area contributed by atoms with Crippen LogP contribution >= 0.6 is 12.2 Å². The Morgan fingerprint density at radius 3 is 2.53 bits per heavy atom. The molecule has 7 heteroatoms. The number of nitrogens with zero attached hydrogens (tertiary/aromatic N) is 3. The number of aryl methyl sites for hydroxylation is 1. The lowest BCUT2D eigenvalue weighted by Crippen LogP contribution is -2.46. The highest BCUT2D eigenvalue weighted by molar-refractivity contribution is 7.80. The number of allylic oxidation sites excluding steroid dienone is 1. The lowest BCUT2D eigenvalue weighted by atomic mass is 9.94. The molecule has 34 heavy (non-hydrogen) atoms. The van der Waals surface area contributed by atoms with Gasteiger partial charge in [-0.2, -0.15) is 4.98 Å². The predicted octanol–water partition coefficient (Wildman–Crippen LogP) is 6.31. The van der Waals surface area contributed by atoms with Crippen LogP contribution in [0.3, 0.4) is 0 Å². The third-order valence-corrected chi connectivity index (χ3v) is 6.25. The van der Waals surface area contributed by atoms with Crippen LogP contribution in [-0.4, -0.2) is 15.3 Å². The summed E-state index contributed by atoms with van der Waals surface area (Å²) >= 11 is 5.82. The smallest absolute Gasteiger partial charge is 0.258 e. The summed E-state index contributed by atoms with van der Waals surface area (Å²) in [6, 6.07) is 24.1. The van der Waals surface area contributed by atoms with Crippen LogP contribution in [0.4, 0.5) is 10.1 Å². The Labute approximate surface area is 202 Å². The zero-order chi connectivity index (χ0) is 23.7. The van der Waals surface area contributed by atoms with E-state index in [2.05, 4.69) is 34.5 Å². The van der Waals surface area contributed by atoms with Crippen molar-refractivity contribution in [3.05, 3.63) is 107 Å². The van der Waals surface area contributed by atoms with E-state index in [0.717, 1.165) is 28.9 Å². The molecule has 0 amide bonds. The molecule has 5 rings (SSSR count). The summed E-state index contributed by atoms with van der Waals surface area (Å²) in [6.45, 7) is 4.14. The molecular formula is C27H23FN4OS. The highest BCUT2D eigenvalue weighted by Gasteiger charge is 2.34. The van der Waals surface area contributed by atoms with Gasteiger partial charge in [-0.05, 0) is 73.1 Å². The minimum Gasteiger partial charge on any atom is -0.351 e. The Balaban J connectivity index is 1.65. The molecule has 1 unspecified atom stereocenters. The molecule has 1 aromatic heterocycles. The van der Waals surface area contributed by atoms with Crippen molar-refractivity contribution in [3.63, 3.8) is 0 Å². The summed E-state index contributed by atoms with van der Waals surface area (Å²) in [4.78, 5) is 6.68. The van der Waals surface area contributed by atoms with E-state index in [9.17, 15) is 4.39 Å². The van der Waals surface area contributed by atoms with Gasteiger partial charge in [0.1, 0.15) is 5.82 Å². The number of thiocarbonyl (C=S) groups is 1. The van der Waals surface area contributed by atoms with Crippen LogP contribution in [0, 0.1) is 5.82 Å². The van der Waals surface area contributed by atoms with Gasteiger partial charge in [-0.1, -0.05) is 54.5 Å². The molecule has 3 aromatic carbocycles. The maximum atomic E-state index is 13.4. The Bertz CT molecular complexity index is 1360. The van der Waals surface area contributed by atoms with E-state index in [4.69, 9.17) is 16.7 Å². The molecule has 1 atom stereocenters. The van der Waals surface area contributed by atoms with Crippen LogP contribution in [0.5, 0.6) is 0 Å². The lowest BCUT2D eigenvalue weighted by molar-refractivity contribution is 0.404. The molecule has 0 spiro atoms. The van der Waals surface area contributed by atoms with Crippen molar-refractivity contribution in [2.45, 2.75) is 26.3 Å². The first-order valence-corrected chi connectivity index (χ1v) is 11.5. The number of hydrogen-bond acceptors (Lipinski definition) is 4. The van der Waals surface area contributed by atoms with E-state index in [1.807, 2.05) is 54.3 Å². The molecule has 0 saturated heterocycles. The fourth-order valence-corrected chi connectivity index (χ4v) is 4.55. The lowest BCUT2D eigenvalue weighted by Gasteiger charge is -2.37. The topological polar surface area (TPSA) is 54.2 Å². The van der Waals surface area contributed by atoms with Gasteiger partial charge in [0.2, 0.25) is 5.82 Å². The molecule has 1 aliphatic heterocycles. The summed E-state index contributed by atoms with van der Waals surface area (Å²) < 4.78 is 19.1. The highest BCUT2D eigenvalue weighted by atomic mass is 32.1. The zero-order valence-electron chi connectivity index (χ0n) is 18.8. The van der Waals surface area contributed by atoms with Crippen molar-refractivity contribution in [1.82, 2.24) is 15.5 Å². The maximum absolute atomic E-state index is 13.4. The third kappa shape index (κ3) is 4.10. The minimum absolute atomic E-state index is 0.263. The molecule has 1 aliphatic rings. The van der Waals surface area contributed by atoms with Crippen molar-refractivity contribution in [2.24, 2.45) is 0 Å². The van der Waals surface area contributed by atoms with E-state index in [1.54, 1.807) is 12.1 Å². The summed E-state index contributed by atoms with van der Waals surface area (Å²) in [5.41, 5.74) is 5.64. The Morgan fingerprint density at radius 1 is 1.03 bits per heavy atom. The van der Waals surface area contributed by atoms with E-state index in [-0.39, 0.29) is 11.9 Å². The van der Waals surface area contributed by atoms with Gasteiger partial charge < -0.3 is 9.84 Å². The van der Waals surface area contributed by atoms with E-state index >= 15 is 0 Å². The van der Waals surface area contributed by atoms with Crippen LogP contribution < -0.4 is 10.2 Å². The summed E-state index contributed by atoms with van der Waals surface area (Å²) in [5, 5.41) is 8.25. The molecule has 0 fully saturated rings.